The van der Waals surface area contributed by atoms with Crippen LogP contribution >= 0.6 is 0 Å². The van der Waals surface area contributed by atoms with Crippen LogP contribution in [-0.2, 0) is 4.79 Å². The topological polar surface area (TPSA) is 140 Å². The maximum absolute atomic E-state index is 12.9. The zero-order valence-corrected chi connectivity index (χ0v) is 17.0. The third-order valence-electron chi connectivity index (χ3n) is 4.89. The number of anilines is 1. The van der Waals surface area contributed by atoms with Gasteiger partial charge in [-0.25, -0.2) is 0 Å². The van der Waals surface area contributed by atoms with Crippen molar-refractivity contribution in [2.24, 2.45) is 0 Å². The van der Waals surface area contributed by atoms with Crippen molar-refractivity contribution in [2.45, 2.75) is 13.8 Å². The Morgan fingerprint density at radius 1 is 1.09 bits per heavy atom. The molecule has 1 amide bonds. The van der Waals surface area contributed by atoms with Crippen molar-refractivity contribution >= 4 is 34.3 Å². The van der Waals surface area contributed by atoms with Gasteiger partial charge in [0.25, 0.3) is 5.56 Å². The number of aromatic amines is 1. The van der Waals surface area contributed by atoms with Gasteiger partial charge in [0.1, 0.15) is 11.2 Å². The van der Waals surface area contributed by atoms with Crippen LogP contribution < -0.4 is 10.9 Å². The summed E-state index contributed by atoms with van der Waals surface area (Å²) in [6.45, 7) is 2.77. The van der Waals surface area contributed by atoms with Gasteiger partial charge in [-0.15, -0.1) is 10.2 Å². The van der Waals surface area contributed by atoms with Crippen molar-refractivity contribution in [3.8, 4) is 22.5 Å². The zero-order chi connectivity index (χ0) is 22.4. The lowest BCUT2D eigenvalue weighted by atomic mass is 10.1. The zero-order valence-electron chi connectivity index (χ0n) is 17.0. The lowest BCUT2D eigenvalue weighted by molar-refractivity contribution is -0.114. The summed E-state index contributed by atoms with van der Waals surface area (Å²) in [5.41, 5.74) is 3.27. The smallest absolute Gasteiger partial charge is 0.274 e. The highest BCUT2D eigenvalue weighted by molar-refractivity contribution is 5.96. The number of amides is 1. The molecule has 0 aliphatic rings. The van der Waals surface area contributed by atoms with Gasteiger partial charge in [0.15, 0.2) is 5.82 Å². The van der Waals surface area contributed by atoms with Crippen LogP contribution in [0.25, 0.3) is 39.2 Å². The number of nitrogens with zero attached hydrogens (tertiary/aromatic N) is 6. The molecular formula is C21H16N8O3. The monoisotopic (exact) mass is 428 g/mol. The predicted molar refractivity (Wildman–Crippen MR) is 116 cm³/mol. The number of pyridine rings is 1. The number of H-pyrrole nitrogens is 1. The molecule has 4 heterocycles. The molecule has 5 aromatic rings. The minimum atomic E-state index is -0.393. The van der Waals surface area contributed by atoms with Gasteiger partial charge in [-0.05, 0) is 24.3 Å². The van der Waals surface area contributed by atoms with Crippen LogP contribution in [0.15, 0.2) is 53.5 Å². The molecule has 158 valence electrons. The highest BCUT2D eigenvalue weighted by Gasteiger charge is 2.20. The molecule has 11 nitrogen and oxygen atoms in total. The fourth-order valence-corrected chi connectivity index (χ4v) is 3.53. The van der Waals surface area contributed by atoms with Crippen molar-refractivity contribution in [3.05, 3.63) is 59.0 Å². The Hall–Kier alpha value is -4.67. The first kappa shape index (κ1) is 19.3. The van der Waals surface area contributed by atoms with Crippen LogP contribution in [0, 0.1) is 0 Å². The van der Waals surface area contributed by atoms with E-state index in [4.69, 9.17) is 0 Å². The van der Waals surface area contributed by atoms with E-state index in [2.05, 4.69) is 30.7 Å². The normalized spacial score (nSPS) is 11.2. The first-order valence-electron chi connectivity index (χ1n) is 9.64. The standard InChI is InChI=1S/C21H16N8O3/c1-11(30)23-20-19(14-5-3-4-8-22-14)21-24-15(10-18(32)29(21)26-20)13-6-7-17-16(9-13)25-27-28(17)12(2)31/h3-10,24H,1-2H3,(H,23,26,30). The number of carbonyl (C=O) groups excluding carboxylic acids is 2. The molecule has 1 aromatic carbocycles. The second-order valence-electron chi connectivity index (χ2n) is 7.13. The first-order chi connectivity index (χ1) is 15.4. The van der Waals surface area contributed by atoms with Crippen LogP contribution in [0.1, 0.15) is 18.6 Å². The Labute approximate surface area is 179 Å². The molecule has 0 fully saturated rings. The molecule has 0 radical (unpaired) electrons. The van der Waals surface area contributed by atoms with Gasteiger partial charge in [0, 0.05) is 31.7 Å². The average molecular weight is 428 g/mol. The van der Waals surface area contributed by atoms with Crippen molar-refractivity contribution in [1.82, 2.24) is 34.6 Å². The van der Waals surface area contributed by atoms with E-state index in [1.165, 1.54) is 29.1 Å². The quantitative estimate of drug-likeness (QED) is 0.448. The molecule has 0 atom stereocenters. The van der Waals surface area contributed by atoms with E-state index < -0.39 is 5.56 Å². The summed E-state index contributed by atoms with van der Waals surface area (Å²) in [6.07, 6.45) is 1.62. The lowest BCUT2D eigenvalue weighted by Gasteiger charge is -2.05. The molecule has 4 aromatic heterocycles. The number of nitrogens with one attached hydrogen (secondary N) is 2. The first-order valence-corrected chi connectivity index (χ1v) is 9.64. The molecule has 11 heteroatoms. The predicted octanol–water partition coefficient (Wildman–Crippen LogP) is 2.11. The Morgan fingerprint density at radius 3 is 2.66 bits per heavy atom. The van der Waals surface area contributed by atoms with Crippen molar-refractivity contribution in [2.75, 3.05) is 5.32 Å². The lowest BCUT2D eigenvalue weighted by Crippen LogP contribution is -2.15. The molecule has 0 unspecified atom stereocenters. The second-order valence-corrected chi connectivity index (χ2v) is 7.13. The SMILES string of the molecule is CC(=O)Nc1nn2c(=O)cc(-c3ccc4c(c3)nnn4C(C)=O)[nH]c2c1-c1ccccn1. The van der Waals surface area contributed by atoms with Crippen LogP contribution in [0.5, 0.6) is 0 Å². The summed E-state index contributed by atoms with van der Waals surface area (Å²) in [5, 5.41) is 14.8. The Morgan fingerprint density at radius 2 is 1.94 bits per heavy atom. The van der Waals surface area contributed by atoms with E-state index in [1.807, 2.05) is 0 Å². The van der Waals surface area contributed by atoms with E-state index in [1.54, 1.807) is 42.6 Å². The van der Waals surface area contributed by atoms with Gasteiger partial charge in [-0.1, -0.05) is 17.3 Å². The Kier molecular flexibility index (Phi) is 4.36. The maximum Gasteiger partial charge on any atom is 0.274 e. The van der Waals surface area contributed by atoms with E-state index in [0.717, 1.165) is 0 Å². The summed E-state index contributed by atoms with van der Waals surface area (Å²) in [7, 11) is 0. The maximum atomic E-state index is 12.9. The minimum Gasteiger partial charge on any atom is -0.339 e. The number of carbonyl (C=O) groups is 2. The van der Waals surface area contributed by atoms with Crippen LogP contribution in [-0.4, -0.2) is 46.4 Å². The molecule has 2 N–H and O–H groups in total. The molecule has 0 saturated carbocycles. The average Bonchev–Trinajstić information content (AvgIpc) is 3.35. The van der Waals surface area contributed by atoms with E-state index >= 15 is 0 Å². The third-order valence-corrected chi connectivity index (χ3v) is 4.89. The van der Waals surface area contributed by atoms with Gasteiger partial charge in [-0.2, -0.15) is 9.20 Å². The number of hydrogen-bond donors (Lipinski definition) is 2. The van der Waals surface area contributed by atoms with E-state index in [9.17, 15) is 14.4 Å². The fraction of sp³-hybridized carbons (Fsp3) is 0.0952. The summed E-state index contributed by atoms with van der Waals surface area (Å²) >= 11 is 0. The summed E-state index contributed by atoms with van der Waals surface area (Å²) in [4.78, 5) is 43.9. The fourth-order valence-electron chi connectivity index (χ4n) is 3.53. The highest BCUT2D eigenvalue weighted by Crippen LogP contribution is 2.30. The molecule has 0 spiro atoms. The molecule has 0 aliphatic carbocycles. The number of benzene rings is 1. The summed E-state index contributed by atoms with van der Waals surface area (Å²) < 4.78 is 2.39. The van der Waals surface area contributed by atoms with Crippen molar-refractivity contribution < 1.29 is 9.59 Å². The van der Waals surface area contributed by atoms with Crippen molar-refractivity contribution in [1.29, 1.82) is 0 Å². The molecule has 0 saturated heterocycles. The van der Waals surface area contributed by atoms with Gasteiger partial charge < -0.3 is 10.3 Å². The summed E-state index contributed by atoms with van der Waals surface area (Å²) in [5.74, 6) is -0.348. The molecule has 0 bridgehead atoms. The van der Waals surface area contributed by atoms with Crippen LogP contribution in [0.2, 0.25) is 0 Å². The largest absolute Gasteiger partial charge is 0.339 e. The minimum absolute atomic E-state index is 0.224. The molecule has 32 heavy (non-hydrogen) atoms. The molecule has 0 aliphatic heterocycles. The third kappa shape index (κ3) is 3.12. The molecular weight excluding hydrogens is 412 g/mol. The van der Waals surface area contributed by atoms with Gasteiger partial charge in [0.05, 0.1) is 22.5 Å². The molecule has 5 rings (SSSR count). The number of hydrogen-bond acceptors (Lipinski definition) is 7. The Balaban J connectivity index is 1.74. The van der Waals surface area contributed by atoms with E-state index in [0.29, 0.717) is 39.2 Å². The van der Waals surface area contributed by atoms with Crippen LogP contribution in [0.4, 0.5) is 5.82 Å². The van der Waals surface area contributed by atoms with Gasteiger partial charge in [-0.3, -0.25) is 19.4 Å². The number of rotatable bonds is 3. The second kappa shape index (κ2) is 7.23. The van der Waals surface area contributed by atoms with Gasteiger partial charge in [0.2, 0.25) is 11.8 Å². The van der Waals surface area contributed by atoms with Gasteiger partial charge >= 0.3 is 0 Å². The van der Waals surface area contributed by atoms with Crippen LogP contribution in [0.3, 0.4) is 0 Å². The number of aromatic nitrogens is 7. The number of fused-ring (bicyclic) bond motifs is 2. The summed E-state index contributed by atoms with van der Waals surface area (Å²) in [6, 6.07) is 11.9. The highest BCUT2D eigenvalue weighted by atomic mass is 16.2. The van der Waals surface area contributed by atoms with E-state index in [-0.39, 0.29) is 17.6 Å². The van der Waals surface area contributed by atoms with Crippen molar-refractivity contribution in [3.63, 3.8) is 0 Å². The Bertz CT molecular complexity index is 1580.